The number of anilines is 2. The second-order valence-electron chi connectivity index (χ2n) is 10.4. The van der Waals surface area contributed by atoms with Gasteiger partial charge in [0.1, 0.15) is 22.7 Å². The van der Waals surface area contributed by atoms with Crippen molar-refractivity contribution in [1.29, 1.82) is 0 Å². The number of aromatic amines is 1. The number of hydrogen-bond acceptors (Lipinski definition) is 7. The Morgan fingerprint density at radius 3 is 2.20 bits per heavy atom. The average Bonchev–Trinajstić information content (AvgIpc) is 3.76. The van der Waals surface area contributed by atoms with Gasteiger partial charge in [0.15, 0.2) is 17.2 Å². The van der Waals surface area contributed by atoms with Crippen molar-refractivity contribution in [1.82, 2.24) is 20.2 Å². The monoisotopic (exact) mass is 612 g/mol. The first kappa shape index (κ1) is 29.4. The standard InChI is InChI=1S/C32H26F2N6O5/c1-40(44-2)29(41)19-5-3-18(4-6-19)27-26-25(13-16-35-28(26)39-38-27)45-24-12-11-22(17-23(24)34)37-31(43)32(14-15-32)30(42)36-21-9-7-20(33)8-10-21/h3-13,16-17H,14-15H2,1-2H3,(H,36,42)(H,37,43)(H,35,38,39). The molecule has 11 nitrogen and oxygen atoms in total. The van der Waals surface area contributed by atoms with Crippen LogP contribution in [0, 0.1) is 17.0 Å². The Morgan fingerprint density at radius 2 is 1.56 bits per heavy atom. The molecule has 13 heteroatoms. The number of carbonyl (C=O) groups excluding carboxylic acids is 3. The predicted octanol–water partition coefficient (Wildman–Crippen LogP) is 5.69. The lowest BCUT2D eigenvalue weighted by Crippen LogP contribution is -2.35. The van der Waals surface area contributed by atoms with E-state index in [1.54, 1.807) is 30.3 Å². The van der Waals surface area contributed by atoms with Crippen LogP contribution < -0.4 is 15.4 Å². The van der Waals surface area contributed by atoms with Gasteiger partial charge in [-0.05, 0) is 67.4 Å². The van der Waals surface area contributed by atoms with Crippen molar-refractivity contribution < 1.29 is 32.7 Å². The number of rotatable bonds is 9. The Morgan fingerprint density at radius 1 is 0.889 bits per heavy atom. The number of pyridine rings is 1. The Kier molecular flexibility index (Phi) is 7.69. The molecule has 3 N–H and O–H groups in total. The fourth-order valence-corrected chi connectivity index (χ4v) is 4.75. The lowest BCUT2D eigenvalue weighted by atomic mass is 10.0. The molecule has 1 saturated carbocycles. The van der Waals surface area contributed by atoms with Crippen LogP contribution in [-0.4, -0.2) is 52.1 Å². The van der Waals surface area contributed by atoms with Crippen molar-refractivity contribution in [3.63, 3.8) is 0 Å². The minimum Gasteiger partial charge on any atom is -0.453 e. The molecule has 0 radical (unpaired) electrons. The topological polar surface area (TPSA) is 139 Å². The number of nitrogens with zero attached hydrogens (tertiary/aromatic N) is 3. The van der Waals surface area contributed by atoms with Gasteiger partial charge in [0, 0.05) is 41.8 Å². The van der Waals surface area contributed by atoms with E-state index in [2.05, 4.69) is 25.8 Å². The van der Waals surface area contributed by atoms with E-state index in [9.17, 15) is 18.8 Å². The van der Waals surface area contributed by atoms with Gasteiger partial charge < -0.3 is 15.4 Å². The molecule has 6 rings (SSSR count). The molecule has 1 aliphatic carbocycles. The summed E-state index contributed by atoms with van der Waals surface area (Å²) in [7, 11) is 2.90. The van der Waals surface area contributed by atoms with Crippen molar-refractivity contribution in [2.75, 3.05) is 24.8 Å². The van der Waals surface area contributed by atoms with Gasteiger partial charge in [0.25, 0.3) is 5.91 Å². The molecule has 0 aliphatic heterocycles. The first-order valence-electron chi connectivity index (χ1n) is 13.8. The van der Waals surface area contributed by atoms with Crippen LogP contribution in [0.25, 0.3) is 22.3 Å². The van der Waals surface area contributed by atoms with Gasteiger partial charge >= 0.3 is 0 Å². The van der Waals surface area contributed by atoms with Crippen LogP contribution in [0.2, 0.25) is 0 Å². The molecule has 0 spiro atoms. The smallest absolute Gasteiger partial charge is 0.277 e. The Hall–Kier alpha value is -5.69. The number of carbonyl (C=O) groups is 3. The summed E-state index contributed by atoms with van der Waals surface area (Å²) in [6.45, 7) is 0. The van der Waals surface area contributed by atoms with Crippen LogP contribution in [0.1, 0.15) is 23.2 Å². The van der Waals surface area contributed by atoms with Gasteiger partial charge in [-0.25, -0.2) is 18.8 Å². The SMILES string of the molecule is CON(C)C(=O)c1ccc(-c2n[nH]c3nccc(Oc4ccc(NC(=O)C5(C(=O)Nc6ccc(F)cc6)CC5)cc4F)c23)cc1. The number of amides is 3. The summed E-state index contributed by atoms with van der Waals surface area (Å²) in [5.74, 6) is -2.47. The van der Waals surface area contributed by atoms with Crippen molar-refractivity contribution >= 4 is 40.1 Å². The van der Waals surface area contributed by atoms with Crippen molar-refractivity contribution in [2.45, 2.75) is 12.8 Å². The van der Waals surface area contributed by atoms with Gasteiger partial charge in [-0.2, -0.15) is 5.10 Å². The molecule has 0 bridgehead atoms. The van der Waals surface area contributed by atoms with E-state index >= 15 is 4.39 Å². The van der Waals surface area contributed by atoms with E-state index in [-0.39, 0.29) is 23.1 Å². The van der Waals surface area contributed by atoms with E-state index in [1.165, 1.54) is 56.8 Å². The molecule has 5 aromatic rings. The lowest BCUT2D eigenvalue weighted by Gasteiger charge is -2.16. The molecule has 0 unspecified atom stereocenters. The number of aromatic nitrogens is 3. The molecule has 3 amide bonds. The third-order valence-electron chi connectivity index (χ3n) is 7.52. The molecule has 1 aliphatic rings. The number of benzene rings is 3. The molecular formula is C32H26F2N6O5. The van der Waals surface area contributed by atoms with Gasteiger partial charge in [-0.3, -0.25) is 24.3 Å². The normalized spacial score (nSPS) is 13.2. The number of hydroxylamine groups is 2. The number of halogens is 2. The molecule has 2 aromatic heterocycles. The molecule has 1 fully saturated rings. The average molecular weight is 613 g/mol. The van der Waals surface area contributed by atoms with E-state index < -0.39 is 28.9 Å². The molecule has 0 atom stereocenters. The lowest BCUT2D eigenvalue weighted by molar-refractivity contribution is -0.131. The van der Waals surface area contributed by atoms with Gasteiger partial charge in [0.2, 0.25) is 11.8 Å². The van der Waals surface area contributed by atoms with Crippen LogP contribution in [-0.2, 0) is 14.4 Å². The summed E-state index contributed by atoms with van der Waals surface area (Å²) in [6.07, 6.45) is 2.13. The number of fused-ring (bicyclic) bond motifs is 1. The van der Waals surface area contributed by atoms with E-state index in [1.807, 2.05) is 0 Å². The highest BCUT2D eigenvalue weighted by molar-refractivity contribution is 6.17. The Bertz CT molecular complexity index is 1920. The highest BCUT2D eigenvalue weighted by Gasteiger charge is 2.56. The van der Waals surface area contributed by atoms with Crippen LogP contribution in [0.15, 0.2) is 79.0 Å². The summed E-state index contributed by atoms with van der Waals surface area (Å²) >= 11 is 0. The molecule has 228 valence electrons. The van der Waals surface area contributed by atoms with Gasteiger partial charge in [-0.1, -0.05) is 12.1 Å². The molecule has 2 heterocycles. The Labute approximate surface area is 255 Å². The summed E-state index contributed by atoms with van der Waals surface area (Å²) in [5, 5.41) is 14.1. The first-order chi connectivity index (χ1) is 21.7. The Balaban J connectivity index is 1.18. The second-order valence-corrected chi connectivity index (χ2v) is 10.4. The predicted molar refractivity (Wildman–Crippen MR) is 160 cm³/mol. The minimum absolute atomic E-state index is 0.119. The number of H-pyrrole nitrogens is 1. The molecule has 3 aromatic carbocycles. The molecule has 45 heavy (non-hydrogen) atoms. The highest BCUT2D eigenvalue weighted by atomic mass is 19.1. The van der Waals surface area contributed by atoms with Crippen LogP contribution >= 0.6 is 0 Å². The summed E-state index contributed by atoms with van der Waals surface area (Å²) in [5.41, 5.74) is 1.15. The maximum absolute atomic E-state index is 15.3. The maximum atomic E-state index is 15.3. The molecule has 0 saturated heterocycles. The number of ether oxygens (including phenoxy) is 1. The summed E-state index contributed by atoms with van der Waals surface area (Å²) in [4.78, 5) is 47.5. The maximum Gasteiger partial charge on any atom is 0.277 e. The zero-order valence-electron chi connectivity index (χ0n) is 24.1. The van der Waals surface area contributed by atoms with E-state index in [0.717, 1.165) is 11.1 Å². The summed E-state index contributed by atoms with van der Waals surface area (Å²) < 4.78 is 34.4. The largest absolute Gasteiger partial charge is 0.453 e. The zero-order chi connectivity index (χ0) is 31.7. The van der Waals surface area contributed by atoms with E-state index in [0.29, 0.717) is 46.4 Å². The van der Waals surface area contributed by atoms with Crippen molar-refractivity contribution in [2.24, 2.45) is 5.41 Å². The second kappa shape index (κ2) is 11.8. The minimum atomic E-state index is -1.30. The van der Waals surface area contributed by atoms with Crippen LogP contribution in [0.4, 0.5) is 20.2 Å². The van der Waals surface area contributed by atoms with Crippen molar-refractivity contribution in [3.8, 4) is 22.8 Å². The van der Waals surface area contributed by atoms with Gasteiger partial charge in [-0.15, -0.1) is 0 Å². The number of hydrogen-bond donors (Lipinski definition) is 3. The molecular weight excluding hydrogens is 586 g/mol. The van der Waals surface area contributed by atoms with E-state index in [4.69, 9.17) is 9.57 Å². The highest BCUT2D eigenvalue weighted by Crippen LogP contribution is 2.47. The van der Waals surface area contributed by atoms with Crippen molar-refractivity contribution in [3.05, 3.63) is 96.2 Å². The van der Waals surface area contributed by atoms with Crippen LogP contribution in [0.5, 0.6) is 11.5 Å². The summed E-state index contributed by atoms with van der Waals surface area (Å²) in [6, 6.07) is 17.4. The van der Waals surface area contributed by atoms with Crippen LogP contribution in [0.3, 0.4) is 0 Å². The van der Waals surface area contributed by atoms with Gasteiger partial charge in [0.05, 0.1) is 12.5 Å². The fourth-order valence-electron chi connectivity index (χ4n) is 4.75. The third kappa shape index (κ3) is 5.80. The first-order valence-corrected chi connectivity index (χ1v) is 13.8. The number of nitrogens with one attached hydrogen (secondary N) is 3. The zero-order valence-corrected chi connectivity index (χ0v) is 24.1. The third-order valence-corrected chi connectivity index (χ3v) is 7.52. The quantitative estimate of drug-likeness (QED) is 0.144. The fraction of sp³-hybridized carbons (Fsp3) is 0.156.